The molecule has 17 heavy (non-hydrogen) atoms. The van der Waals surface area contributed by atoms with Crippen LogP contribution in [-0.2, 0) is 14.3 Å². The number of nitrogens with zero attached hydrogens (tertiary/aromatic N) is 1. The zero-order chi connectivity index (χ0) is 12.7. The highest BCUT2D eigenvalue weighted by Gasteiger charge is 2.26. The Hall–Kier alpha value is -1.26. The SMILES string of the molecule is CCOC(=O)C(CC)OC(=O)N1CCCCC1. The normalized spacial score (nSPS) is 17.4. The maximum Gasteiger partial charge on any atom is 0.410 e. The molecule has 1 rings (SSSR count). The van der Waals surface area contributed by atoms with Crippen LogP contribution in [0.4, 0.5) is 4.79 Å². The summed E-state index contributed by atoms with van der Waals surface area (Å²) in [7, 11) is 0. The van der Waals surface area contributed by atoms with Crippen LogP contribution in [0.2, 0.25) is 0 Å². The van der Waals surface area contributed by atoms with E-state index in [0.717, 1.165) is 32.4 Å². The fraction of sp³-hybridized carbons (Fsp3) is 0.833. The first-order valence-electron chi connectivity index (χ1n) is 6.31. The molecule has 0 aromatic heterocycles. The van der Waals surface area contributed by atoms with Crippen LogP contribution in [0, 0.1) is 0 Å². The maximum absolute atomic E-state index is 11.8. The van der Waals surface area contributed by atoms with Gasteiger partial charge >= 0.3 is 12.1 Å². The van der Waals surface area contributed by atoms with Crippen molar-refractivity contribution in [2.75, 3.05) is 19.7 Å². The second-order valence-electron chi connectivity index (χ2n) is 4.08. The number of hydrogen-bond acceptors (Lipinski definition) is 4. The summed E-state index contributed by atoms with van der Waals surface area (Å²) < 4.78 is 10.0. The minimum atomic E-state index is -0.774. The van der Waals surface area contributed by atoms with Gasteiger partial charge in [0, 0.05) is 13.1 Å². The van der Waals surface area contributed by atoms with Gasteiger partial charge in [-0.15, -0.1) is 0 Å². The summed E-state index contributed by atoms with van der Waals surface area (Å²) in [4.78, 5) is 24.9. The average Bonchev–Trinajstić information content (AvgIpc) is 2.37. The molecule has 1 atom stereocenters. The van der Waals surface area contributed by atoms with Crippen molar-refractivity contribution in [3.05, 3.63) is 0 Å². The molecule has 1 aliphatic heterocycles. The summed E-state index contributed by atoms with van der Waals surface area (Å²) in [5, 5.41) is 0. The van der Waals surface area contributed by atoms with Crippen molar-refractivity contribution in [3.8, 4) is 0 Å². The molecule has 5 nitrogen and oxygen atoms in total. The highest BCUT2D eigenvalue weighted by Crippen LogP contribution is 2.12. The molecule has 1 amide bonds. The molecule has 1 saturated heterocycles. The van der Waals surface area contributed by atoms with Gasteiger partial charge in [-0.05, 0) is 32.6 Å². The highest BCUT2D eigenvalue weighted by atomic mass is 16.6. The Morgan fingerprint density at radius 1 is 1.18 bits per heavy atom. The van der Waals surface area contributed by atoms with Crippen LogP contribution in [0.3, 0.4) is 0 Å². The predicted octanol–water partition coefficient (Wildman–Crippen LogP) is 1.95. The molecule has 98 valence electrons. The summed E-state index contributed by atoms with van der Waals surface area (Å²) in [6.07, 6.45) is 2.43. The monoisotopic (exact) mass is 243 g/mol. The van der Waals surface area contributed by atoms with Gasteiger partial charge in [-0.25, -0.2) is 9.59 Å². The zero-order valence-electron chi connectivity index (χ0n) is 10.6. The lowest BCUT2D eigenvalue weighted by Crippen LogP contribution is -2.40. The summed E-state index contributed by atoms with van der Waals surface area (Å²) in [5.41, 5.74) is 0. The van der Waals surface area contributed by atoms with Crippen molar-refractivity contribution >= 4 is 12.1 Å². The number of carbonyl (C=O) groups excluding carboxylic acids is 2. The second kappa shape index (κ2) is 7.14. The lowest BCUT2D eigenvalue weighted by Gasteiger charge is -2.27. The first-order chi connectivity index (χ1) is 8.19. The molecule has 0 saturated carbocycles. The van der Waals surface area contributed by atoms with E-state index in [2.05, 4.69) is 0 Å². The molecule has 0 aromatic rings. The number of carbonyl (C=O) groups is 2. The minimum Gasteiger partial charge on any atom is -0.463 e. The van der Waals surface area contributed by atoms with E-state index in [4.69, 9.17) is 9.47 Å². The minimum absolute atomic E-state index is 0.302. The maximum atomic E-state index is 11.8. The molecule has 0 aliphatic carbocycles. The Bertz CT molecular complexity index is 261. The van der Waals surface area contributed by atoms with Gasteiger partial charge in [-0.3, -0.25) is 0 Å². The third kappa shape index (κ3) is 4.24. The Balaban J connectivity index is 2.43. The summed E-state index contributed by atoms with van der Waals surface area (Å²) in [6, 6.07) is 0. The quantitative estimate of drug-likeness (QED) is 0.708. The molecule has 0 aromatic carbocycles. The Morgan fingerprint density at radius 3 is 2.35 bits per heavy atom. The Kier molecular flexibility index (Phi) is 5.80. The van der Waals surface area contributed by atoms with Crippen molar-refractivity contribution in [3.63, 3.8) is 0 Å². The number of hydrogen-bond donors (Lipinski definition) is 0. The fourth-order valence-electron chi connectivity index (χ4n) is 1.81. The van der Waals surface area contributed by atoms with Crippen molar-refractivity contribution in [2.45, 2.75) is 45.6 Å². The Morgan fingerprint density at radius 2 is 1.82 bits per heavy atom. The van der Waals surface area contributed by atoms with Crippen LogP contribution in [0.1, 0.15) is 39.5 Å². The number of likely N-dealkylation sites (tertiary alicyclic amines) is 1. The third-order valence-electron chi connectivity index (χ3n) is 2.78. The van der Waals surface area contributed by atoms with Crippen LogP contribution in [0.25, 0.3) is 0 Å². The van der Waals surface area contributed by atoms with Gasteiger partial charge in [0.25, 0.3) is 0 Å². The van der Waals surface area contributed by atoms with Crippen LogP contribution in [0.5, 0.6) is 0 Å². The number of esters is 1. The molecule has 1 aliphatic rings. The number of piperidine rings is 1. The van der Waals surface area contributed by atoms with E-state index in [0.29, 0.717) is 13.0 Å². The largest absolute Gasteiger partial charge is 0.463 e. The molecule has 5 heteroatoms. The van der Waals surface area contributed by atoms with Crippen molar-refractivity contribution in [2.24, 2.45) is 0 Å². The summed E-state index contributed by atoms with van der Waals surface area (Å²) >= 11 is 0. The first kappa shape index (κ1) is 13.8. The van der Waals surface area contributed by atoms with E-state index in [-0.39, 0.29) is 0 Å². The van der Waals surface area contributed by atoms with Crippen molar-refractivity contribution < 1.29 is 19.1 Å². The van der Waals surface area contributed by atoms with Crippen LogP contribution < -0.4 is 0 Å². The standard InChI is InChI=1S/C12H21NO4/c1-3-10(11(14)16-4-2)17-12(15)13-8-6-5-7-9-13/h10H,3-9H2,1-2H3. The van der Waals surface area contributed by atoms with E-state index in [1.807, 2.05) is 0 Å². The zero-order valence-corrected chi connectivity index (χ0v) is 10.6. The molecular formula is C12H21NO4. The van der Waals surface area contributed by atoms with Crippen LogP contribution in [0.15, 0.2) is 0 Å². The highest BCUT2D eigenvalue weighted by molar-refractivity contribution is 5.78. The molecule has 1 heterocycles. The predicted molar refractivity (Wildman–Crippen MR) is 62.6 cm³/mol. The van der Waals surface area contributed by atoms with E-state index < -0.39 is 18.2 Å². The van der Waals surface area contributed by atoms with E-state index in [9.17, 15) is 9.59 Å². The lowest BCUT2D eigenvalue weighted by molar-refractivity contribution is -0.153. The molecule has 0 spiro atoms. The van der Waals surface area contributed by atoms with Crippen LogP contribution in [-0.4, -0.2) is 42.8 Å². The van der Waals surface area contributed by atoms with E-state index >= 15 is 0 Å². The number of amides is 1. The summed E-state index contributed by atoms with van der Waals surface area (Å²) in [6.45, 7) is 5.27. The first-order valence-corrected chi connectivity index (χ1v) is 6.31. The number of rotatable bonds is 4. The van der Waals surface area contributed by atoms with Crippen LogP contribution >= 0.6 is 0 Å². The van der Waals surface area contributed by atoms with Gasteiger partial charge < -0.3 is 14.4 Å². The number of ether oxygens (including phenoxy) is 2. The Labute approximate surface area is 102 Å². The van der Waals surface area contributed by atoms with Gasteiger partial charge in [0.1, 0.15) is 0 Å². The topological polar surface area (TPSA) is 55.8 Å². The molecule has 1 unspecified atom stereocenters. The molecule has 0 bridgehead atoms. The van der Waals surface area contributed by atoms with Crippen molar-refractivity contribution in [1.29, 1.82) is 0 Å². The average molecular weight is 243 g/mol. The molecule has 1 fully saturated rings. The lowest BCUT2D eigenvalue weighted by atomic mass is 10.1. The van der Waals surface area contributed by atoms with Gasteiger partial charge in [-0.1, -0.05) is 6.92 Å². The smallest absolute Gasteiger partial charge is 0.410 e. The second-order valence-corrected chi connectivity index (χ2v) is 4.08. The van der Waals surface area contributed by atoms with Gasteiger partial charge in [0.2, 0.25) is 6.10 Å². The van der Waals surface area contributed by atoms with Gasteiger partial charge in [0.05, 0.1) is 6.61 Å². The van der Waals surface area contributed by atoms with Crippen molar-refractivity contribution in [1.82, 2.24) is 4.90 Å². The van der Waals surface area contributed by atoms with Gasteiger partial charge in [-0.2, -0.15) is 0 Å². The van der Waals surface area contributed by atoms with E-state index in [1.165, 1.54) is 0 Å². The fourth-order valence-corrected chi connectivity index (χ4v) is 1.81. The van der Waals surface area contributed by atoms with Gasteiger partial charge in [0.15, 0.2) is 0 Å². The molecule has 0 N–H and O–H groups in total. The molecule has 0 radical (unpaired) electrons. The molecular weight excluding hydrogens is 222 g/mol. The summed E-state index contributed by atoms with van der Waals surface area (Å²) in [5.74, 6) is -0.458. The van der Waals surface area contributed by atoms with E-state index in [1.54, 1.807) is 18.7 Å². The third-order valence-corrected chi connectivity index (χ3v) is 2.78.